The van der Waals surface area contributed by atoms with Gasteiger partial charge in [-0.3, -0.25) is 0 Å². The predicted octanol–water partition coefficient (Wildman–Crippen LogP) is 5.91. The molecular weight excluding hydrogens is 294 g/mol. The molecule has 0 saturated heterocycles. The molecule has 0 aromatic rings. The van der Waals surface area contributed by atoms with Crippen molar-refractivity contribution in [3.05, 3.63) is 11.6 Å². The molecule has 0 aromatic carbocycles. The number of hydrogen-bond donors (Lipinski definition) is 1. The first kappa shape index (κ1) is 16.7. The maximum atomic E-state index is 9.18. The molecule has 24 heavy (non-hydrogen) atoms. The van der Waals surface area contributed by atoms with E-state index in [-0.39, 0.29) is 0 Å². The molecule has 4 aliphatic carbocycles. The molecule has 0 radical (unpaired) electrons. The summed E-state index contributed by atoms with van der Waals surface area (Å²) in [5.41, 5.74) is 3.08. The second-order valence-electron chi connectivity index (χ2n) is 9.83. The summed E-state index contributed by atoms with van der Waals surface area (Å²) in [6, 6.07) is 0. The van der Waals surface area contributed by atoms with Gasteiger partial charge < -0.3 is 5.21 Å². The zero-order valence-corrected chi connectivity index (χ0v) is 16.0. The SMILES string of the molecule is CCC1(C)CCC2C3CC/C(=N\O)C=C3CC(C)C2C1C1CC1C. The van der Waals surface area contributed by atoms with E-state index in [9.17, 15) is 5.21 Å². The maximum absolute atomic E-state index is 9.18. The van der Waals surface area contributed by atoms with E-state index >= 15 is 0 Å². The molecule has 3 fully saturated rings. The van der Waals surface area contributed by atoms with E-state index in [2.05, 4.69) is 38.9 Å². The van der Waals surface area contributed by atoms with E-state index in [1.165, 1.54) is 38.5 Å². The molecule has 8 unspecified atom stereocenters. The van der Waals surface area contributed by atoms with E-state index in [1.807, 2.05) is 0 Å². The third-order valence-electron chi connectivity index (χ3n) is 8.60. The average molecular weight is 330 g/mol. The summed E-state index contributed by atoms with van der Waals surface area (Å²) >= 11 is 0. The Hall–Kier alpha value is -0.790. The van der Waals surface area contributed by atoms with Crippen LogP contribution in [0.2, 0.25) is 0 Å². The monoisotopic (exact) mass is 329 g/mol. The second kappa shape index (κ2) is 5.88. The Kier molecular flexibility index (Phi) is 4.09. The van der Waals surface area contributed by atoms with Gasteiger partial charge in [0.2, 0.25) is 0 Å². The highest BCUT2D eigenvalue weighted by molar-refractivity contribution is 5.96. The lowest BCUT2D eigenvalue weighted by Crippen LogP contribution is -2.50. The van der Waals surface area contributed by atoms with Crippen molar-refractivity contribution in [2.75, 3.05) is 0 Å². The number of nitrogens with zero attached hydrogens (tertiary/aromatic N) is 1. The molecule has 0 bridgehead atoms. The molecule has 2 nitrogen and oxygen atoms in total. The lowest BCUT2D eigenvalue weighted by atomic mass is 9.47. The van der Waals surface area contributed by atoms with Crippen molar-refractivity contribution in [2.45, 2.75) is 72.6 Å². The fraction of sp³-hybridized carbons (Fsp3) is 0.864. The van der Waals surface area contributed by atoms with Crippen LogP contribution in [-0.4, -0.2) is 10.9 Å². The summed E-state index contributed by atoms with van der Waals surface area (Å²) in [5.74, 6) is 6.28. The fourth-order valence-corrected chi connectivity index (χ4v) is 7.07. The van der Waals surface area contributed by atoms with Gasteiger partial charge >= 0.3 is 0 Å². The fourth-order valence-electron chi connectivity index (χ4n) is 7.07. The van der Waals surface area contributed by atoms with Crippen molar-refractivity contribution >= 4 is 5.71 Å². The van der Waals surface area contributed by atoms with E-state index in [4.69, 9.17) is 0 Å². The van der Waals surface area contributed by atoms with Gasteiger partial charge in [-0.15, -0.1) is 0 Å². The number of fused-ring (bicyclic) bond motifs is 3. The largest absolute Gasteiger partial charge is 0.411 e. The Bertz CT molecular complexity index is 564. The molecule has 0 spiro atoms. The van der Waals surface area contributed by atoms with E-state index in [1.54, 1.807) is 5.57 Å². The summed E-state index contributed by atoms with van der Waals surface area (Å²) in [5, 5.41) is 12.7. The van der Waals surface area contributed by atoms with Gasteiger partial charge in [0.1, 0.15) is 0 Å². The number of oxime groups is 1. The molecule has 8 atom stereocenters. The molecule has 1 N–H and O–H groups in total. The third-order valence-corrected chi connectivity index (χ3v) is 8.60. The van der Waals surface area contributed by atoms with Crippen molar-refractivity contribution < 1.29 is 5.21 Å². The summed E-state index contributed by atoms with van der Waals surface area (Å²) in [7, 11) is 0. The van der Waals surface area contributed by atoms with Crippen molar-refractivity contribution in [3.63, 3.8) is 0 Å². The van der Waals surface area contributed by atoms with Crippen LogP contribution in [0.25, 0.3) is 0 Å². The van der Waals surface area contributed by atoms with E-state index in [0.29, 0.717) is 5.41 Å². The van der Waals surface area contributed by atoms with Gasteiger partial charge in [0.15, 0.2) is 0 Å². The lowest BCUT2D eigenvalue weighted by molar-refractivity contribution is -0.0607. The Labute approximate surface area is 147 Å². The molecule has 4 aliphatic rings. The van der Waals surface area contributed by atoms with Crippen LogP contribution < -0.4 is 0 Å². The molecule has 0 amide bonds. The third kappa shape index (κ3) is 2.47. The van der Waals surface area contributed by atoms with Crippen LogP contribution in [0.15, 0.2) is 16.8 Å². The average Bonchev–Trinajstić information content (AvgIpc) is 3.30. The first-order chi connectivity index (χ1) is 11.5. The van der Waals surface area contributed by atoms with Crippen LogP contribution in [0.1, 0.15) is 72.6 Å². The van der Waals surface area contributed by atoms with Crippen molar-refractivity contribution in [1.82, 2.24) is 0 Å². The summed E-state index contributed by atoms with van der Waals surface area (Å²) in [4.78, 5) is 0. The lowest BCUT2D eigenvalue weighted by Gasteiger charge is -2.57. The Morgan fingerprint density at radius 1 is 1.21 bits per heavy atom. The normalized spacial score (nSPS) is 52.4. The van der Waals surface area contributed by atoms with Gasteiger partial charge in [-0.2, -0.15) is 0 Å². The van der Waals surface area contributed by atoms with Gasteiger partial charge in [0.25, 0.3) is 0 Å². The molecule has 3 saturated carbocycles. The van der Waals surface area contributed by atoms with Gasteiger partial charge in [-0.1, -0.05) is 44.8 Å². The van der Waals surface area contributed by atoms with E-state index in [0.717, 1.165) is 53.6 Å². The molecule has 0 aromatic heterocycles. The van der Waals surface area contributed by atoms with Crippen molar-refractivity contribution in [1.29, 1.82) is 0 Å². The zero-order valence-electron chi connectivity index (χ0n) is 16.0. The highest BCUT2D eigenvalue weighted by atomic mass is 16.4. The Morgan fingerprint density at radius 2 is 1.96 bits per heavy atom. The minimum Gasteiger partial charge on any atom is -0.411 e. The summed E-state index contributed by atoms with van der Waals surface area (Å²) in [6.07, 6.45) is 11.3. The molecule has 4 rings (SSSR count). The molecule has 0 heterocycles. The van der Waals surface area contributed by atoms with Crippen LogP contribution in [0.5, 0.6) is 0 Å². The van der Waals surface area contributed by atoms with Gasteiger partial charge in [0, 0.05) is 0 Å². The molecular formula is C22H35NO. The van der Waals surface area contributed by atoms with Crippen molar-refractivity contribution in [2.24, 2.45) is 52.0 Å². The predicted molar refractivity (Wildman–Crippen MR) is 99.2 cm³/mol. The number of rotatable bonds is 2. The number of allylic oxidation sites excluding steroid dienone is 2. The molecule has 2 heteroatoms. The highest BCUT2D eigenvalue weighted by Crippen LogP contribution is 2.65. The minimum atomic E-state index is 0.568. The molecule has 0 aliphatic heterocycles. The number of hydrogen-bond acceptors (Lipinski definition) is 2. The van der Waals surface area contributed by atoms with Crippen molar-refractivity contribution in [3.8, 4) is 0 Å². The quantitative estimate of drug-likeness (QED) is 0.496. The van der Waals surface area contributed by atoms with Crippen LogP contribution in [0, 0.1) is 46.8 Å². The highest BCUT2D eigenvalue weighted by Gasteiger charge is 2.58. The minimum absolute atomic E-state index is 0.568. The van der Waals surface area contributed by atoms with E-state index < -0.39 is 0 Å². The standard InChI is InChI=1S/C22H35NO/c1-5-22(4)9-8-18-17-7-6-16(23-24)12-15(17)10-14(3)20(18)21(22)19-11-13(19)2/h12-14,17-21,24H,5-11H2,1-4H3/b23-16+. The van der Waals surface area contributed by atoms with Crippen LogP contribution in [-0.2, 0) is 0 Å². The topological polar surface area (TPSA) is 32.6 Å². The first-order valence-corrected chi connectivity index (χ1v) is 10.4. The Morgan fingerprint density at radius 3 is 2.58 bits per heavy atom. The van der Waals surface area contributed by atoms with Gasteiger partial charge in [-0.25, -0.2) is 0 Å². The smallest absolute Gasteiger partial charge is 0.0795 e. The summed E-state index contributed by atoms with van der Waals surface area (Å²) in [6.45, 7) is 10.0. The molecule has 134 valence electrons. The van der Waals surface area contributed by atoms with Crippen LogP contribution in [0.4, 0.5) is 0 Å². The summed E-state index contributed by atoms with van der Waals surface area (Å²) < 4.78 is 0. The maximum Gasteiger partial charge on any atom is 0.0795 e. The zero-order chi connectivity index (χ0) is 17.1. The van der Waals surface area contributed by atoms with Gasteiger partial charge in [0.05, 0.1) is 5.71 Å². The van der Waals surface area contributed by atoms with Crippen LogP contribution >= 0.6 is 0 Å². The van der Waals surface area contributed by atoms with Crippen LogP contribution in [0.3, 0.4) is 0 Å². The first-order valence-electron chi connectivity index (χ1n) is 10.4. The second-order valence-corrected chi connectivity index (χ2v) is 9.83. The Balaban J connectivity index is 1.68. The van der Waals surface area contributed by atoms with Gasteiger partial charge in [-0.05, 0) is 91.4 Å².